The van der Waals surface area contributed by atoms with Crippen molar-refractivity contribution in [2.45, 2.75) is 160 Å². The number of Topliss-reactive ketones (excluding diaryl/α,β-unsaturated/α-hetero) is 2. The third-order valence-electron chi connectivity index (χ3n) is 13.0. The molecule has 1 aliphatic carbocycles. The summed E-state index contributed by atoms with van der Waals surface area (Å²) >= 11 is 0. The summed E-state index contributed by atoms with van der Waals surface area (Å²) in [6, 6.07) is -1.19. The van der Waals surface area contributed by atoms with Gasteiger partial charge in [0.2, 0.25) is 5.79 Å². The van der Waals surface area contributed by atoms with E-state index < -0.39 is 77.9 Å². The van der Waals surface area contributed by atoms with Gasteiger partial charge in [-0.1, -0.05) is 44.6 Å². The van der Waals surface area contributed by atoms with Crippen molar-refractivity contribution in [2.24, 2.45) is 29.6 Å². The number of aliphatic hydroxyl groups is 3. The number of nitrogens with zero attached hydrogens (tertiary/aromatic N) is 1. The number of carbonyl (C=O) groups is 4. The highest BCUT2D eigenvalue weighted by atomic mass is 16.7. The van der Waals surface area contributed by atoms with E-state index in [2.05, 4.69) is 6.58 Å². The van der Waals surface area contributed by atoms with E-state index in [0.29, 0.717) is 50.5 Å². The number of rotatable bonds is 7. The fourth-order valence-corrected chi connectivity index (χ4v) is 9.41. The molecule has 3 N–H and O–H groups in total. The van der Waals surface area contributed by atoms with Crippen LogP contribution in [0.1, 0.15) is 105 Å². The molecule has 0 aromatic rings. The average molecular weight is 804 g/mol. The van der Waals surface area contributed by atoms with Gasteiger partial charge in [0.1, 0.15) is 24.0 Å². The minimum absolute atomic E-state index is 0.0107. The number of methoxy groups -OCH3 is 3. The van der Waals surface area contributed by atoms with Crippen LogP contribution in [0.25, 0.3) is 0 Å². The first-order chi connectivity index (χ1) is 27.0. The van der Waals surface area contributed by atoms with Crippen LogP contribution >= 0.6 is 0 Å². The maximum absolute atomic E-state index is 14.5. The molecule has 0 aromatic heterocycles. The first-order valence-electron chi connectivity index (χ1n) is 20.8. The smallest absolute Gasteiger partial charge is 0.329 e. The average Bonchev–Trinajstić information content (AvgIpc) is 3.18. The van der Waals surface area contributed by atoms with Crippen LogP contribution in [0.4, 0.5) is 0 Å². The number of amides is 1. The summed E-state index contributed by atoms with van der Waals surface area (Å²) in [4.78, 5) is 57.7. The number of hydrogen-bond acceptors (Lipinski definition) is 12. The maximum Gasteiger partial charge on any atom is 0.329 e. The van der Waals surface area contributed by atoms with Gasteiger partial charge < -0.3 is 43.9 Å². The topological polar surface area (TPSA) is 178 Å². The second-order valence-electron chi connectivity index (χ2n) is 17.4. The predicted octanol–water partition coefficient (Wildman–Crippen LogP) is 4.64. The minimum atomic E-state index is -2.52. The molecule has 0 spiro atoms. The Kier molecular flexibility index (Phi) is 17.2. The van der Waals surface area contributed by atoms with Crippen LogP contribution in [0.5, 0.6) is 0 Å². The van der Waals surface area contributed by atoms with Crippen molar-refractivity contribution in [1.82, 2.24) is 4.90 Å². The molecule has 1 saturated carbocycles. The van der Waals surface area contributed by atoms with E-state index in [0.717, 1.165) is 5.57 Å². The van der Waals surface area contributed by atoms with E-state index in [4.69, 9.17) is 23.7 Å². The third kappa shape index (κ3) is 11.5. The summed E-state index contributed by atoms with van der Waals surface area (Å²) in [6.07, 6.45) is 4.70. The van der Waals surface area contributed by atoms with E-state index in [-0.39, 0.29) is 61.9 Å². The van der Waals surface area contributed by atoms with Crippen molar-refractivity contribution >= 4 is 23.4 Å². The van der Waals surface area contributed by atoms with Gasteiger partial charge in [0.05, 0.1) is 30.5 Å². The molecular formula is C44H69NO12. The first-order valence-corrected chi connectivity index (χ1v) is 20.8. The van der Waals surface area contributed by atoms with Gasteiger partial charge in [0.15, 0.2) is 0 Å². The standard InChI is InChI=1S/C44H69NO12/c1-10-11-30-16-17-45-33(22-30)43(51)56-39(27(4)20-31-13-15-34(47)36(23-31)53-7)29(6)35(48)24-32(46)14-12-25(2)18-26(3)19-37(54-8)40-38(55-9)21-28(5)44(52,57-40)41(49)42(45)50/h10,12,20,26,28-31,33-40,47-48,52H,1,11,13-19,21-24H2,2-9H3/b25-12-,27-20+. The van der Waals surface area contributed by atoms with Crippen LogP contribution < -0.4 is 0 Å². The van der Waals surface area contributed by atoms with Gasteiger partial charge >= 0.3 is 5.97 Å². The van der Waals surface area contributed by atoms with Crippen molar-refractivity contribution in [1.29, 1.82) is 0 Å². The molecule has 2 bridgehead atoms. The highest BCUT2D eigenvalue weighted by Crippen LogP contribution is 2.39. The molecule has 3 aliphatic heterocycles. The Labute approximate surface area is 339 Å². The van der Waals surface area contributed by atoms with Gasteiger partial charge in [-0.15, -0.1) is 6.58 Å². The molecule has 2 saturated heterocycles. The Morgan fingerprint density at radius 2 is 1.60 bits per heavy atom. The SMILES string of the molecule is C=CCC1CCN2C(=O)C(=O)C3(O)OC(C(OC)CC(C)C/C(C)=C\CC(=O)CC(O)C(C)C(/C(C)=C/C4CCC(O)C(OC)C4)OC(=O)C2C1)C(OC)CC3C. The molecule has 3 fully saturated rings. The summed E-state index contributed by atoms with van der Waals surface area (Å²) in [5.74, 6) is -7.26. The fraction of sp³-hybridized carbons (Fsp3) is 0.773. The van der Waals surface area contributed by atoms with Crippen LogP contribution in [0.2, 0.25) is 0 Å². The normalized spacial score (nSPS) is 41.0. The molecule has 322 valence electrons. The van der Waals surface area contributed by atoms with Gasteiger partial charge in [-0.05, 0) is 95.0 Å². The van der Waals surface area contributed by atoms with Crippen molar-refractivity contribution in [3.8, 4) is 0 Å². The van der Waals surface area contributed by atoms with Crippen LogP contribution in [-0.4, -0.2) is 126 Å². The zero-order chi connectivity index (χ0) is 42.2. The molecule has 4 aliphatic rings. The van der Waals surface area contributed by atoms with E-state index >= 15 is 0 Å². The van der Waals surface area contributed by atoms with Crippen LogP contribution in [0.3, 0.4) is 0 Å². The fourth-order valence-electron chi connectivity index (χ4n) is 9.41. The molecule has 0 radical (unpaired) electrons. The lowest BCUT2D eigenvalue weighted by molar-refractivity contribution is -0.302. The lowest BCUT2D eigenvalue weighted by Gasteiger charge is -2.47. The molecule has 1 amide bonds. The third-order valence-corrected chi connectivity index (χ3v) is 13.0. The zero-order valence-corrected chi connectivity index (χ0v) is 35.4. The summed E-state index contributed by atoms with van der Waals surface area (Å²) in [6.45, 7) is 13.1. The second kappa shape index (κ2) is 21.0. The number of ether oxygens (including phenoxy) is 5. The monoisotopic (exact) mass is 803 g/mol. The number of ketones is 2. The van der Waals surface area contributed by atoms with E-state index in [9.17, 15) is 34.5 Å². The number of hydrogen-bond donors (Lipinski definition) is 3. The van der Waals surface area contributed by atoms with Crippen molar-refractivity contribution in [3.05, 3.63) is 36.0 Å². The summed E-state index contributed by atoms with van der Waals surface area (Å²) in [7, 11) is 4.61. The predicted molar refractivity (Wildman–Crippen MR) is 213 cm³/mol. The molecule has 13 heteroatoms. The number of fused-ring (bicyclic) bond motifs is 3. The number of carbonyl (C=O) groups excluding carboxylic acids is 4. The van der Waals surface area contributed by atoms with Gasteiger partial charge in [-0.3, -0.25) is 14.4 Å². The highest BCUT2D eigenvalue weighted by Gasteiger charge is 2.57. The minimum Gasteiger partial charge on any atom is -0.456 e. The Balaban J connectivity index is 1.77. The Hall–Kier alpha value is -2.78. The number of piperidine rings is 1. The number of esters is 1. The van der Waals surface area contributed by atoms with Crippen LogP contribution in [-0.2, 0) is 42.9 Å². The first kappa shape index (κ1) is 46.9. The quantitative estimate of drug-likeness (QED) is 0.185. The number of cyclic esters (lactones) is 1. The number of allylic oxidation sites excluding steroid dienone is 4. The largest absolute Gasteiger partial charge is 0.456 e. The van der Waals surface area contributed by atoms with Crippen molar-refractivity contribution in [3.63, 3.8) is 0 Å². The molecule has 14 atom stereocenters. The van der Waals surface area contributed by atoms with Crippen LogP contribution in [0, 0.1) is 29.6 Å². The Morgan fingerprint density at radius 3 is 2.25 bits per heavy atom. The Bertz CT molecular complexity index is 1480. The molecule has 3 heterocycles. The zero-order valence-electron chi connectivity index (χ0n) is 35.4. The van der Waals surface area contributed by atoms with E-state index in [1.807, 2.05) is 32.9 Å². The van der Waals surface area contributed by atoms with Gasteiger partial charge in [-0.2, -0.15) is 0 Å². The van der Waals surface area contributed by atoms with Crippen molar-refractivity contribution < 1.29 is 58.2 Å². The highest BCUT2D eigenvalue weighted by molar-refractivity contribution is 6.39. The van der Waals surface area contributed by atoms with E-state index in [1.54, 1.807) is 27.0 Å². The lowest BCUT2D eigenvalue weighted by atomic mass is 9.81. The number of aliphatic hydroxyl groups excluding tert-OH is 2. The molecule has 14 unspecified atom stereocenters. The molecular weight excluding hydrogens is 734 g/mol. The second-order valence-corrected chi connectivity index (χ2v) is 17.4. The van der Waals surface area contributed by atoms with Gasteiger partial charge in [0.25, 0.3) is 11.7 Å². The maximum atomic E-state index is 14.5. The van der Waals surface area contributed by atoms with E-state index in [1.165, 1.54) is 19.1 Å². The van der Waals surface area contributed by atoms with Gasteiger partial charge in [-0.25, -0.2) is 4.79 Å². The molecule has 4 rings (SSSR count). The van der Waals surface area contributed by atoms with Gasteiger partial charge in [0, 0.05) is 52.6 Å². The lowest BCUT2D eigenvalue weighted by Crippen LogP contribution is -2.64. The molecule has 13 nitrogen and oxygen atoms in total. The van der Waals surface area contributed by atoms with Crippen LogP contribution in [0.15, 0.2) is 36.0 Å². The molecule has 57 heavy (non-hydrogen) atoms. The summed E-state index contributed by atoms with van der Waals surface area (Å²) < 4.78 is 29.8. The summed E-state index contributed by atoms with van der Waals surface area (Å²) in [5.41, 5.74) is 1.63. The Morgan fingerprint density at radius 1 is 0.930 bits per heavy atom. The van der Waals surface area contributed by atoms with Crippen molar-refractivity contribution in [2.75, 3.05) is 27.9 Å². The summed E-state index contributed by atoms with van der Waals surface area (Å²) in [5, 5.41) is 34.0. The molecule has 0 aromatic carbocycles.